The molecular formula is C34H45NO4. The van der Waals surface area contributed by atoms with E-state index in [2.05, 4.69) is 13.5 Å². The van der Waals surface area contributed by atoms with Gasteiger partial charge in [-0.05, 0) is 79.5 Å². The molecule has 2 saturated carbocycles. The number of carbonyl (C=O) groups excluding carboxylic acids is 1. The third-order valence-electron chi connectivity index (χ3n) is 8.56. The van der Waals surface area contributed by atoms with Gasteiger partial charge in [0.15, 0.2) is 0 Å². The van der Waals surface area contributed by atoms with Gasteiger partial charge in [0.1, 0.15) is 6.61 Å². The van der Waals surface area contributed by atoms with Crippen LogP contribution in [0.3, 0.4) is 0 Å². The number of hydrogen-bond acceptors (Lipinski definition) is 4. The van der Waals surface area contributed by atoms with E-state index < -0.39 is 6.10 Å². The van der Waals surface area contributed by atoms with Gasteiger partial charge in [-0.2, -0.15) is 0 Å². The number of amides is 1. The van der Waals surface area contributed by atoms with E-state index in [1.165, 1.54) is 0 Å². The van der Waals surface area contributed by atoms with Crippen molar-refractivity contribution in [1.29, 1.82) is 0 Å². The first kappa shape index (κ1) is 29.3. The number of aliphatic hydroxyl groups excluding tert-OH is 2. The molecule has 4 rings (SSSR count). The van der Waals surface area contributed by atoms with Crippen LogP contribution in [-0.2, 0) is 16.1 Å². The highest BCUT2D eigenvalue weighted by Gasteiger charge is 2.46. The van der Waals surface area contributed by atoms with E-state index in [0.29, 0.717) is 30.9 Å². The largest absolute Gasteiger partial charge is 0.392 e. The average Bonchev–Trinajstić information content (AvgIpc) is 3.48. The van der Waals surface area contributed by atoms with Crippen molar-refractivity contribution in [2.24, 2.45) is 23.7 Å². The summed E-state index contributed by atoms with van der Waals surface area (Å²) >= 11 is 0. The molecule has 39 heavy (non-hydrogen) atoms. The maximum atomic E-state index is 13.2. The zero-order valence-corrected chi connectivity index (χ0v) is 23.3. The predicted molar refractivity (Wildman–Crippen MR) is 157 cm³/mol. The average molecular weight is 532 g/mol. The highest BCUT2D eigenvalue weighted by Crippen LogP contribution is 2.51. The number of rotatable bonds is 14. The van der Waals surface area contributed by atoms with Gasteiger partial charge in [0, 0.05) is 18.2 Å². The first-order valence-electron chi connectivity index (χ1n) is 14.7. The zero-order chi connectivity index (χ0) is 27.6. The Morgan fingerprint density at radius 1 is 1.10 bits per heavy atom. The summed E-state index contributed by atoms with van der Waals surface area (Å²) in [4.78, 5) is 14.9. The van der Waals surface area contributed by atoms with Gasteiger partial charge in [-0.3, -0.25) is 4.79 Å². The maximum absolute atomic E-state index is 13.2. The van der Waals surface area contributed by atoms with E-state index in [0.717, 1.165) is 61.8 Å². The summed E-state index contributed by atoms with van der Waals surface area (Å²) in [5.74, 6) is 1.55. The number of unbranched alkanes of at least 4 members (excludes halogenated alkanes) is 1. The summed E-state index contributed by atoms with van der Waals surface area (Å²) in [6.45, 7) is 7.30. The smallest absolute Gasteiger partial charge is 0.253 e. The number of hydrogen-bond donors (Lipinski definition) is 2. The third-order valence-corrected chi connectivity index (χ3v) is 8.56. The Morgan fingerprint density at radius 3 is 2.54 bits per heavy atom. The molecule has 0 aliphatic heterocycles. The van der Waals surface area contributed by atoms with E-state index in [1.807, 2.05) is 72.8 Å². The topological polar surface area (TPSA) is 70.0 Å². The van der Waals surface area contributed by atoms with E-state index >= 15 is 0 Å². The Kier molecular flexibility index (Phi) is 11.0. The Morgan fingerprint density at radius 2 is 1.82 bits per heavy atom. The molecule has 5 heteroatoms. The number of nitrogens with zero attached hydrogens (tertiary/aromatic N) is 1. The molecule has 0 bridgehead atoms. The molecule has 0 radical (unpaired) electrons. The number of benzene rings is 2. The molecule has 2 unspecified atom stereocenters. The molecule has 210 valence electrons. The highest BCUT2D eigenvalue weighted by atomic mass is 16.5. The highest BCUT2D eigenvalue weighted by molar-refractivity contribution is 5.94. The van der Waals surface area contributed by atoms with Crippen LogP contribution >= 0.6 is 0 Å². The van der Waals surface area contributed by atoms with Crippen LogP contribution in [0, 0.1) is 23.7 Å². The summed E-state index contributed by atoms with van der Waals surface area (Å²) < 4.78 is 5.91. The van der Waals surface area contributed by atoms with E-state index in [-0.39, 0.29) is 24.5 Å². The second kappa shape index (κ2) is 14.6. The maximum Gasteiger partial charge on any atom is 0.253 e. The minimum absolute atomic E-state index is 0.0410. The summed E-state index contributed by atoms with van der Waals surface area (Å²) in [5, 5.41) is 21.1. The molecule has 1 amide bonds. The molecule has 2 aliphatic carbocycles. The van der Waals surface area contributed by atoms with Gasteiger partial charge in [-0.1, -0.05) is 80.6 Å². The quantitative estimate of drug-likeness (QED) is 0.221. The SMILES string of the molecule is C=C(CCCC)C(O)C=C[C@@H]1[C@@H]2CC(CCOCC(=O)N(Cc3ccccc3)c3ccccc3)C[C@H]2C[C@H]1O. The monoisotopic (exact) mass is 531 g/mol. The van der Waals surface area contributed by atoms with E-state index in [4.69, 9.17) is 4.74 Å². The van der Waals surface area contributed by atoms with Crippen molar-refractivity contribution in [3.8, 4) is 0 Å². The molecule has 0 heterocycles. The third kappa shape index (κ3) is 8.14. The zero-order valence-electron chi connectivity index (χ0n) is 23.3. The number of ether oxygens (including phenoxy) is 1. The first-order valence-corrected chi connectivity index (χ1v) is 14.7. The standard InChI is InChI=1S/C34H45NO4/c1-3-4-11-25(2)32(36)17-16-30-31-21-27(20-28(31)22-33(30)37)18-19-39-24-34(38)35(29-14-9-6-10-15-29)23-26-12-7-5-8-13-26/h5-10,12-17,27-28,30-33,36-37H,2-4,11,18-24H2,1H3/t27?,28-,30+,31+,32?,33+/m0/s1. The van der Waals surface area contributed by atoms with Crippen molar-refractivity contribution in [3.05, 3.63) is 90.5 Å². The van der Waals surface area contributed by atoms with Gasteiger partial charge in [0.05, 0.1) is 18.8 Å². The number of fused-ring (bicyclic) bond motifs is 1. The van der Waals surface area contributed by atoms with Crippen LogP contribution in [0.1, 0.15) is 57.4 Å². The molecular weight excluding hydrogens is 486 g/mol. The fourth-order valence-electron chi connectivity index (χ4n) is 6.38. The van der Waals surface area contributed by atoms with Crippen LogP contribution in [0.25, 0.3) is 0 Å². The fourth-order valence-corrected chi connectivity index (χ4v) is 6.38. The lowest BCUT2D eigenvalue weighted by molar-refractivity contribution is -0.123. The minimum Gasteiger partial charge on any atom is -0.392 e. The lowest BCUT2D eigenvalue weighted by Crippen LogP contribution is -2.33. The first-order chi connectivity index (χ1) is 19.0. The number of anilines is 1. The molecule has 6 atom stereocenters. The molecule has 0 saturated heterocycles. The van der Waals surface area contributed by atoms with Crippen LogP contribution in [0.4, 0.5) is 5.69 Å². The predicted octanol–water partition coefficient (Wildman–Crippen LogP) is 6.31. The van der Waals surface area contributed by atoms with Crippen molar-refractivity contribution in [1.82, 2.24) is 0 Å². The number of aliphatic hydroxyl groups is 2. The summed E-state index contributed by atoms with van der Waals surface area (Å²) in [5.41, 5.74) is 2.80. The van der Waals surface area contributed by atoms with Crippen molar-refractivity contribution in [2.75, 3.05) is 18.1 Å². The van der Waals surface area contributed by atoms with Crippen LogP contribution in [0.2, 0.25) is 0 Å². The Labute approximate surface area is 234 Å². The molecule has 2 aromatic rings. The Bertz CT molecular complexity index is 1070. The molecule has 0 spiro atoms. The normalized spacial score (nSPS) is 25.1. The molecule has 2 aliphatic rings. The van der Waals surface area contributed by atoms with Crippen LogP contribution in [0.5, 0.6) is 0 Å². The molecule has 2 aromatic carbocycles. The second-order valence-corrected chi connectivity index (χ2v) is 11.4. The van der Waals surface area contributed by atoms with Gasteiger partial charge >= 0.3 is 0 Å². The van der Waals surface area contributed by atoms with Crippen LogP contribution in [0.15, 0.2) is 85.0 Å². The van der Waals surface area contributed by atoms with Gasteiger partial charge in [-0.15, -0.1) is 0 Å². The van der Waals surface area contributed by atoms with Gasteiger partial charge in [-0.25, -0.2) is 0 Å². The summed E-state index contributed by atoms with van der Waals surface area (Å²) in [6.07, 6.45) is 9.77. The minimum atomic E-state index is -0.636. The van der Waals surface area contributed by atoms with Gasteiger partial charge in [0.25, 0.3) is 5.91 Å². The molecule has 2 fully saturated rings. The van der Waals surface area contributed by atoms with Gasteiger partial charge < -0.3 is 19.8 Å². The van der Waals surface area contributed by atoms with Crippen LogP contribution in [-0.4, -0.2) is 41.5 Å². The molecule has 2 N–H and O–H groups in total. The van der Waals surface area contributed by atoms with Crippen molar-refractivity contribution >= 4 is 11.6 Å². The van der Waals surface area contributed by atoms with Gasteiger partial charge in [0.2, 0.25) is 0 Å². The van der Waals surface area contributed by atoms with Crippen molar-refractivity contribution in [3.63, 3.8) is 0 Å². The second-order valence-electron chi connectivity index (χ2n) is 11.4. The van der Waals surface area contributed by atoms with Crippen molar-refractivity contribution < 1.29 is 19.7 Å². The Balaban J connectivity index is 1.24. The number of carbonyl (C=O) groups is 1. The van der Waals surface area contributed by atoms with E-state index in [1.54, 1.807) is 4.90 Å². The summed E-state index contributed by atoms with van der Waals surface area (Å²) in [7, 11) is 0. The fraction of sp³-hybridized carbons (Fsp3) is 0.500. The van der Waals surface area contributed by atoms with Crippen LogP contribution < -0.4 is 4.90 Å². The molecule has 0 aromatic heterocycles. The lowest BCUT2D eigenvalue weighted by atomic mass is 9.89. The number of para-hydroxylation sites is 1. The lowest BCUT2D eigenvalue weighted by Gasteiger charge is -2.23. The Hall–Kier alpha value is -2.73. The summed E-state index contributed by atoms with van der Waals surface area (Å²) in [6, 6.07) is 19.8. The van der Waals surface area contributed by atoms with E-state index in [9.17, 15) is 15.0 Å². The molecule has 5 nitrogen and oxygen atoms in total. The van der Waals surface area contributed by atoms with Crippen molar-refractivity contribution in [2.45, 2.75) is 70.6 Å².